The molecule has 0 fully saturated rings. The molecule has 20 heavy (non-hydrogen) atoms. The lowest BCUT2D eigenvalue weighted by Gasteiger charge is -2.19. The molecule has 4 nitrogen and oxygen atoms in total. The molecule has 0 aliphatic carbocycles. The number of nitrogens with zero attached hydrogens (tertiary/aromatic N) is 2. The second-order valence-corrected chi connectivity index (χ2v) is 4.53. The highest BCUT2D eigenvalue weighted by atomic mass is 19.1. The minimum absolute atomic E-state index is 0.0456. The molecule has 1 N–H and O–H groups in total. The van der Waals surface area contributed by atoms with E-state index in [0.717, 1.165) is 18.1 Å². The Kier molecular flexibility index (Phi) is 4.30. The zero-order valence-corrected chi connectivity index (χ0v) is 11.1. The summed E-state index contributed by atoms with van der Waals surface area (Å²) in [6, 6.07) is 7.66. The first kappa shape index (κ1) is 14.0. The van der Waals surface area contributed by atoms with Crippen molar-refractivity contribution in [2.24, 2.45) is 0 Å². The predicted octanol–water partition coefficient (Wildman–Crippen LogP) is 2.60. The number of rotatable bonds is 5. The number of anilines is 1. The summed E-state index contributed by atoms with van der Waals surface area (Å²) in [6.45, 7) is 0.659. The van der Waals surface area contributed by atoms with Crippen molar-refractivity contribution in [1.29, 1.82) is 0 Å². The quantitative estimate of drug-likeness (QED) is 0.910. The Balaban J connectivity index is 2.09. The molecule has 0 unspecified atom stereocenters. The van der Waals surface area contributed by atoms with Crippen LogP contribution in [0.2, 0.25) is 0 Å². The normalized spacial score (nSPS) is 10.3. The van der Waals surface area contributed by atoms with Gasteiger partial charge in [-0.15, -0.1) is 0 Å². The van der Waals surface area contributed by atoms with Gasteiger partial charge >= 0.3 is 5.97 Å². The van der Waals surface area contributed by atoms with Crippen LogP contribution in [0.4, 0.5) is 10.1 Å². The number of carboxylic acids is 1. The van der Waals surface area contributed by atoms with E-state index in [1.165, 1.54) is 12.1 Å². The van der Waals surface area contributed by atoms with Gasteiger partial charge < -0.3 is 10.0 Å². The van der Waals surface area contributed by atoms with Gasteiger partial charge in [0.25, 0.3) is 0 Å². The first-order valence-electron chi connectivity index (χ1n) is 6.20. The van der Waals surface area contributed by atoms with Crippen LogP contribution in [0, 0.1) is 5.82 Å². The maximum absolute atomic E-state index is 13.4. The Labute approximate surface area is 116 Å². The van der Waals surface area contributed by atoms with Crippen LogP contribution in [-0.2, 0) is 6.42 Å². The van der Waals surface area contributed by atoms with E-state index < -0.39 is 11.8 Å². The van der Waals surface area contributed by atoms with Gasteiger partial charge in [0.15, 0.2) is 0 Å². The zero-order valence-electron chi connectivity index (χ0n) is 11.1. The molecule has 0 saturated heterocycles. The molecule has 1 aromatic heterocycles. The van der Waals surface area contributed by atoms with Crippen LogP contribution in [0.15, 0.2) is 42.7 Å². The summed E-state index contributed by atoms with van der Waals surface area (Å²) >= 11 is 0. The second-order valence-electron chi connectivity index (χ2n) is 4.53. The molecule has 0 aliphatic heterocycles. The van der Waals surface area contributed by atoms with Gasteiger partial charge in [0.05, 0.1) is 5.56 Å². The number of carboxylic acid groups (broad SMARTS) is 1. The minimum Gasteiger partial charge on any atom is -0.478 e. The second kappa shape index (κ2) is 6.14. The molecule has 2 rings (SSSR count). The third kappa shape index (κ3) is 3.54. The monoisotopic (exact) mass is 274 g/mol. The van der Waals surface area contributed by atoms with Crippen LogP contribution in [0.3, 0.4) is 0 Å². The van der Waals surface area contributed by atoms with Gasteiger partial charge in [-0.2, -0.15) is 0 Å². The van der Waals surface area contributed by atoms with Gasteiger partial charge in [0.1, 0.15) is 5.82 Å². The number of pyridine rings is 1. The van der Waals surface area contributed by atoms with Crippen molar-refractivity contribution >= 4 is 11.7 Å². The Morgan fingerprint density at radius 2 is 2.00 bits per heavy atom. The van der Waals surface area contributed by atoms with Gasteiger partial charge in [-0.25, -0.2) is 9.18 Å². The molecule has 0 radical (unpaired) electrons. The third-order valence-electron chi connectivity index (χ3n) is 3.06. The molecule has 0 aliphatic rings. The molecule has 1 aromatic carbocycles. The fourth-order valence-corrected chi connectivity index (χ4v) is 1.89. The van der Waals surface area contributed by atoms with Crippen LogP contribution < -0.4 is 4.90 Å². The van der Waals surface area contributed by atoms with Gasteiger partial charge in [0.2, 0.25) is 0 Å². The standard InChI is InChI=1S/C15H15FN2O2/c1-18(7-4-11-2-5-17-6-3-11)14-9-12(15(19)20)8-13(16)10-14/h2-3,5-6,8-10H,4,7H2,1H3,(H,19,20). The molecule has 0 bridgehead atoms. The molecule has 5 heteroatoms. The third-order valence-corrected chi connectivity index (χ3v) is 3.06. The van der Waals surface area contributed by atoms with E-state index in [-0.39, 0.29) is 5.56 Å². The van der Waals surface area contributed by atoms with E-state index in [4.69, 9.17) is 5.11 Å². The largest absolute Gasteiger partial charge is 0.478 e. The summed E-state index contributed by atoms with van der Waals surface area (Å²) in [6.07, 6.45) is 4.22. The van der Waals surface area contributed by atoms with Crippen molar-refractivity contribution in [3.63, 3.8) is 0 Å². The van der Waals surface area contributed by atoms with E-state index in [2.05, 4.69) is 4.98 Å². The van der Waals surface area contributed by atoms with E-state index in [1.807, 2.05) is 24.1 Å². The van der Waals surface area contributed by atoms with Gasteiger partial charge in [-0.3, -0.25) is 4.98 Å². The smallest absolute Gasteiger partial charge is 0.335 e. The molecule has 1 heterocycles. The summed E-state index contributed by atoms with van der Waals surface area (Å²) < 4.78 is 13.4. The van der Waals surface area contributed by atoms with Crippen molar-refractivity contribution in [3.8, 4) is 0 Å². The number of carbonyl (C=O) groups is 1. The van der Waals surface area contributed by atoms with Crippen LogP contribution in [0.1, 0.15) is 15.9 Å². The van der Waals surface area contributed by atoms with E-state index in [0.29, 0.717) is 12.2 Å². The number of hydrogen-bond acceptors (Lipinski definition) is 3. The SMILES string of the molecule is CN(CCc1ccncc1)c1cc(F)cc(C(=O)O)c1. The maximum atomic E-state index is 13.4. The summed E-state index contributed by atoms with van der Waals surface area (Å²) in [7, 11) is 1.81. The average molecular weight is 274 g/mol. The summed E-state index contributed by atoms with van der Waals surface area (Å²) in [5.74, 6) is -1.68. The van der Waals surface area contributed by atoms with Crippen LogP contribution in [-0.4, -0.2) is 29.7 Å². The Morgan fingerprint density at radius 1 is 1.30 bits per heavy atom. The minimum atomic E-state index is -1.13. The summed E-state index contributed by atoms with van der Waals surface area (Å²) in [4.78, 5) is 16.7. The zero-order chi connectivity index (χ0) is 14.5. The molecule has 2 aromatic rings. The number of halogens is 1. The van der Waals surface area contributed by atoms with E-state index >= 15 is 0 Å². The number of hydrogen-bond donors (Lipinski definition) is 1. The number of likely N-dealkylation sites (N-methyl/N-ethyl adjacent to an activating group) is 1. The van der Waals surface area contributed by atoms with Crippen molar-refractivity contribution < 1.29 is 14.3 Å². The first-order chi connectivity index (χ1) is 9.56. The number of aromatic nitrogens is 1. The summed E-state index contributed by atoms with van der Waals surface area (Å²) in [5, 5.41) is 8.93. The highest BCUT2D eigenvalue weighted by Crippen LogP contribution is 2.18. The van der Waals surface area contributed by atoms with Gasteiger partial charge in [-0.1, -0.05) is 0 Å². The molecule has 0 spiro atoms. The fraction of sp³-hybridized carbons (Fsp3) is 0.200. The number of benzene rings is 1. The first-order valence-corrected chi connectivity index (χ1v) is 6.20. The topological polar surface area (TPSA) is 53.4 Å². The van der Waals surface area contributed by atoms with Crippen LogP contribution in [0.5, 0.6) is 0 Å². The predicted molar refractivity (Wildman–Crippen MR) is 74.6 cm³/mol. The highest BCUT2D eigenvalue weighted by molar-refractivity contribution is 5.88. The summed E-state index contributed by atoms with van der Waals surface area (Å²) in [5.41, 5.74) is 1.63. The molecular formula is C15H15FN2O2. The Morgan fingerprint density at radius 3 is 2.65 bits per heavy atom. The lowest BCUT2D eigenvalue weighted by atomic mass is 10.1. The lowest BCUT2D eigenvalue weighted by Crippen LogP contribution is -2.21. The Bertz CT molecular complexity index is 602. The van der Waals surface area contributed by atoms with Gasteiger partial charge in [-0.05, 0) is 42.3 Å². The fourth-order valence-electron chi connectivity index (χ4n) is 1.89. The maximum Gasteiger partial charge on any atom is 0.335 e. The van der Waals surface area contributed by atoms with Crippen LogP contribution in [0.25, 0.3) is 0 Å². The lowest BCUT2D eigenvalue weighted by molar-refractivity contribution is 0.0696. The highest BCUT2D eigenvalue weighted by Gasteiger charge is 2.09. The Hall–Kier alpha value is -2.43. The molecule has 0 amide bonds. The molecular weight excluding hydrogens is 259 g/mol. The molecule has 0 atom stereocenters. The molecule has 104 valence electrons. The van der Waals surface area contributed by atoms with Crippen molar-refractivity contribution in [2.45, 2.75) is 6.42 Å². The van der Waals surface area contributed by atoms with E-state index in [1.54, 1.807) is 12.4 Å². The number of aromatic carboxylic acids is 1. The van der Waals surface area contributed by atoms with E-state index in [9.17, 15) is 9.18 Å². The van der Waals surface area contributed by atoms with Crippen LogP contribution >= 0.6 is 0 Å². The van der Waals surface area contributed by atoms with Gasteiger partial charge in [0, 0.05) is 31.7 Å². The van der Waals surface area contributed by atoms with Crippen molar-refractivity contribution in [3.05, 3.63) is 59.7 Å². The van der Waals surface area contributed by atoms with Crippen molar-refractivity contribution in [1.82, 2.24) is 4.98 Å². The van der Waals surface area contributed by atoms with Crippen molar-refractivity contribution in [2.75, 3.05) is 18.5 Å². The average Bonchev–Trinajstić information content (AvgIpc) is 2.45. The molecule has 0 saturated carbocycles.